The van der Waals surface area contributed by atoms with Crippen LogP contribution in [0.3, 0.4) is 0 Å². The van der Waals surface area contributed by atoms with E-state index in [4.69, 9.17) is 0 Å². The SMILES string of the molecule is Cc1cncc(C)c1-c1ccncc1. The minimum atomic E-state index is 1.20. The predicted octanol–water partition coefficient (Wildman–Crippen LogP) is 2.76. The van der Waals surface area contributed by atoms with E-state index < -0.39 is 0 Å². The summed E-state index contributed by atoms with van der Waals surface area (Å²) in [5.41, 5.74) is 4.88. The molecule has 0 saturated carbocycles. The number of aryl methyl sites for hydroxylation is 2. The monoisotopic (exact) mass is 184 g/mol. The third kappa shape index (κ3) is 1.51. The van der Waals surface area contributed by atoms with Gasteiger partial charge in [-0.15, -0.1) is 0 Å². The average Bonchev–Trinajstić information content (AvgIpc) is 2.19. The van der Waals surface area contributed by atoms with Crippen LogP contribution in [0, 0.1) is 13.8 Å². The van der Waals surface area contributed by atoms with Gasteiger partial charge in [0.25, 0.3) is 0 Å². The van der Waals surface area contributed by atoms with Crippen molar-refractivity contribution in [3.05, 3.63) is 48.0 Å². The lowest BCUT2D eigenvalue weighted by atomic mass is 9.99. The van der Waals surface area contributed by atoms with Crippen LogP contribution in [0.1, 0.15) is 11.1 Å². The molecular weight excluding hydrogens is 172 g/mol. The van der Waals surface area contributed by atoms with E-state index >= 15 is 0 Å². The summed E-state index contributed by atoms with van der Waals surface area (Å²) in [5, 5.41) is 0. The summed E-state index contributed by atoms with van der Waals surface area (Å²) in [4.78, 5) is 8.17. The first-order valence-electron chi connectivity index (χ1n) is 4.60. The van der Waals surface area contributed by atoms with Crippen molar-refractivity contribution < 1.29 is 0 Å². The van der Waals surface area contributed by atoms with E-state index in [2.05, 4.69) is 23.8 Å². The molecule has 0 fully saturated rings. The largest absolute Gasteiger partial charge is 0.265 e. The highest BCUT2D eigenvalue weighted by Crippen LogP contribution is 2.24. The summed E-state index contributed by atoms with van der Waals surface area (Å²) in [6.07, 6.45) is 7.41. The maximum atomic E-state index is 4.15. The summed E-state index contributed by atoms with van der Waals surface area (Å²) in [7, 11) is 0. The Kier molecular flexibility index (Phi) is 2.27. The molecule has 0 N–H and O–H groups in total. The smallest absolute Gasteiger partial charge is 0.0303 e. The summed E-state index contributed by atoms with van der Waals surface area (Å²) >= 11 is 0. The lowest BCUT2D eigenvalue weighted by Gasteiger charge is -2.08. The van der Waals surface area contributed by atoms with Gasteiger partial charge in [0.15, 0.2) is 0 Å². The molecule has 0 radical (unpaired) electrons. The molecule has 2 heterocycles. The fourth-order valence-corrected chi connectivity index (χ4v) is 1.67. The van der Waals surface area contributed by atoms with Gasteiger partial charge < -0.3 is 0 Å². The van der Waals surface area contributed by atoms with Gasteiger partial charge in [0.05, 0.1) is 0 Å². The molecule has 14 heavy (non-hydrogen) atoms. The molecule has 0 aliphatic rings. The number of pyridine rings is 2. The maximum Gasteiger partial charge on any atom is 0.0303 e. The zero-order chi connectivity index (χ0) is 9.97. The number of rotatable bonds is 1. The lowest BCUT2D eigenvalue weighted by molar-refractivity contribution is 1.22. The molecule has 0 bridgehead atoms. The Morgan fingerprint density at radius 3 is 2.00 bits per heavy atom. The normalized spacial score (nSPS) is 10.1. The van der Waals surface area contributed by atoms with E-state index in [1.165, 1.54) is 22.3 Å². The van der Waals surface area contributed by atoms with Crippen LogP contribution >= 0.6 is 0 Å². The second kappa shape index (κ2) is 3.58. The van der Waals surface area contributed by atoms with Crippen LogP contribution in [0.15, 0.2) is 36.9 Å². The lowest BCUT2D eigenvalue weighted by Crippen LogP contribution is -1.89. The van der Waals surface area contributed by atoms with Crippen molar-refractivity contribution in [3.8, 4) is 11.1 Å². The highest BCUT2D eigenvalue weighted by atomic mass is 14.6. The standard InChI is InChI=1S/C12H12N2/c1-9-7-14-8-10(2)12(9)11-3-5-13-6-4-11/h3-8H,1-2H3. The zero-order valence-electron chi connectivity index (χ0n) is 8.36. The minimum Gasteiger partial charge on any atom is -0.265 e. The van der Waals surface area contributed by atoms with Gasteiger partial charge >= 0.3 is 0 Å². The minimum absolute atomic E-state index is 1.20. The summed E-state index contributed by atoms with van der Waals surface area (Å²) in [6, 6.07) is 4.05. The average molecular weight is 184 g/mol. The maximum absolute atomic E-state index is 4.15. The number of hydrogen-bond acceptors (Lipinski definition) is 2. The fraction of sp³-hybridized carbons (Fsp3) is 0.167. The Hall–Kier alpha value is -1.70. The molecule has 0 atom stereocenters. The van der Waals surface area contributed by atoms with Gasteiger partial charge in [-0.1, -0.05) is 0 Å². The third-order valence-electron chi connectivity index (χ3n) is 2.29. The van der Waals surface area contributed by atoms with Crippen LogP contribution in [-0.4, -0.2) is 9.97 Å². The second-order valence-corrected chi connectivity index (χ2v) is 3.38. The Morgan fingerprint density at radius 2 is 1.43 bits per heavy atom. The van der Waals surface area contributed by atoms with Crippen molar-refractivity contribution in [2.75, 3.05) is 0 Å². The van der Waals surface area contributed by atoms with Crippen LogP contribution in [0.4, 0.5) is 0 Å². The first-order valence-corrected chi connectivity index (χ1v) is 4.60. The molecule has 70 valence electrons. The van der Waals surface area contributed by atoms with E-state index in [1.807, 2.05) is 36.9 Å². The van der Waals surface area contributed by atoms with Gasteiger partial charge in [0.2, 0.25) is 0 Å². The fourth-order valence-electron chi connectivity index (χ4n) is 1.67. The van der Waals surface area contributed by atoms with Gasteiger partial charge in [-0.25, -0.2) is 0 Å². The Labute approximate surface area is 83.7 Å². The second-order valence-electron chi connectivity index (χ2n) is 3.38. The topological polar surface area (TPSA) is 25.8 Å². The quantitative estimate of drug-likeness (QED) is 0.681. The molecule has 0 spiro atoms. The molecule has 0 unspecified atom stereocenters. The van der Waals surface area contributed by atoms with E-state index in [0.29, 0.717) is 0 Å². The van der Waals surface area contributed by atoms with Crippen molar-refractivity contribution in [1.82, 2.24) is 9.97 Å². The number of aromatic nitrogens is 2. The molecule has 2 aromatic rings. The van der Waals surface area contributed by atoms with Gasteiger partial charge in [-0.2, -0.15) is 0 Å². The van der Waals surface area contributed by atoms with Crippen molar-refractivity contribution in [1.29, 1.82) is 0 Å². The van der Waals surface area contributed by atoms with Crippen molar-refractivity contribution in [3.63, 3.8) is 0 Å². The molecule has 0 amide bonds. The van der Waals surface area contributed by atoms with Crippen LogP contribution < -0.4 is 0 Å². The third-order valence-corrected chi connectivity index (χ3v) is 2.29. The number of hydrogen-bond donors (Lipinski definition) is 0. The van der Waals surface area contributed by atoms with E-state index in [0.717, 1.165) is 0 Å². The van der Waals surface area contributed by atoms with Gasteiger partial charge in [0, 0.05) is 24.8 Å². The molecule has 2 aromatic heterocycles. The van der Waals surface area contributed by atoms with Crippen molar-refractivity contribution >= 4 is 0 Å². The van der Waals surface area contributed by atoms with Crippen molar-refractivity contribution in [2.45, 2.75) is 13.8 Å². The van der Waals surface area contributed by atoms with E-state index in [9.17, 15) is 0 Å². The van der Waals surface area contributed by atoms with Crippen LogP contribution in [0.25, 0.3) is 11.1 Å². The molecule has 2 nitrogen and oxygen atoms in total. The molecule has 2 rings (SSSR count). The Bertz CT molecular complexity index is 415. The van der Waals surface area contributed by atoms with Crippen LogP contribution in [0.2, 0.25) is 0 Å². The van der Waals surface area contributed by atoms with E-state index in [1.54, 1.807) is 0 Å². The zero-order valence-corrected chi connectivity index (χ0v) is 8.36. The molecular formula is C12H12N2. The summed E-state index contributed by atoms with van der Waals surface area (Å²) in [5.74, 6) is 0. The van der Waals surface area contributed by atoms with E-state index in [-0.39, 0.29) is 0 Å². The number of nitrogens with zero attached hydrogens (tertiary/aromatic N) is 2. The molecule has 2 heteroatoms. The van der Waals surface area contributed by atoms with Gasteiger partial charge in [-0.05, 0) is 48.2 Å². The molecule has 0 saturated heterocycles. The Balaban J connectivity index is 2.63. The highest BCUT2D eigenvalue weighted by molar-refractivity contribution is 5.69. The van der Waals surface area contributed by atoms with Crippen molar-refractivity contribution in [2.24, 2.45) is 0 Å². The summed E-state index contributed by atoms with van der Waals surface area (Å²) in [6.45, 7) is 4.16. The van der Waals surface area contributed by atoms with Gasteiger partial charge in [-0.3, -0.25) is 9.97 Å². The predicted molar refractivity (Wildman–Crippen MR) is 56.9 cm³/mol. The summed E-state index contributed by atoms with van der Waals surface area (Å²) < 4.78 is 0. The van der Waals surface area contributed by atoms with Gasteiger partial charge in [0.1, 0.15) is 0 Å². The first-order chi connectivity index (χ1) is 6.79. The molecule has 0 aromatic carbocycles. The molecule has 0 aliphatic carbocycles. The van der Waals surface area contributed by atoms with Crippen LogP contribution in [-0.2, 0) is 0 Å². The first kappa shape index (κ1) is 8.88. The highest BCUT2D eigenvalue weighted by Gasteiger charge is 2.04. The Morgan fingerprint density at radius 1 is 0.857 bits per heavy atom. The molecule has 0 aliphatic heterocycles. The van der Waals surface area contributed by atoms with Crippen LogP contribution in [0.5, 0.6) is 0 Å².